The van der Waals surface area contributed by atoms with Gasteiger partial charge in [0, 0.05) is 37.3 Å². The van der Waals surface area contributed by atoms with E-state index in [1.165, 1.54) is 0 Å². The second-order valence-electron chi connectivity index (χ2n) is 9.55. The van der Waals surface area contributed by atoms with Crippen LogP contribution in [0.3, 0.4) is 0 Å². The number of aromatic nitrogens is 3. The molecule has 0 aliphatic carbocycles. The van der Waals surface area contributed by atoms with Gasteiger partial charge < -0.3 is 25.3 Å². The average Bonchev–Trinajstić information content (AvgIpc) is 3.61. The summed E-state index contributed by atoms with van der Waals surface area (Å²) < 4.78 is 7.58. The van der Waals surface area contributed by atoms with Crippen LogP contribution in [-0.2, 0) is 29.7 Å². The highest BCUT2D eigenvalue weighted by Crippen LogP contribution is 2.39. The monoisotopic (exact) mass is 480 g/mol. The van der Waals surface area contributed by atoms with E-state index in [2.05, 4.69) is 27.0 Å². The van der Waals surface area contributed by atoms with Crippen LogP contribution in [0.4, 0.5) is 11.5 Å². The number of pyridine rings is 2. The Labute approximate surface area is 206 Å². The van der Waals surface area contributed by atoms with Crippen LogP contribution in [0.25, 0.3) is 22.2 Å². The van der Waals surface area contributed by atoms with Crippen molar-refractivity contribution in [3.63, 3.8) is 0 Å². The summed E-state index contributed by atoms with van der Waals surface area (Å²) in [6, 6.07) is 12.0. The number of hydrogen-bond acceptors (Lipinski definition) is 6. The molecule has 36 heavy (non-hydrogen) atoms. The molecule has 3 N–H and O–H groups in total. The van der Waals surface area contributed by atoms with Gasteiger partial charge in [0.1, 0.15) is 11.5 Å². The Balaban J connectivity index is 1.27. The first-order chi connectivity index (χ1) is 17.6. The topological polar surface area (TPSA) is 110 Å². The van der Waals surface area contributed by atoms with E-state index >= 15 is 0 Å². The summed E-state index contributed by atoms with van der Waals surface area (Å²) in [6.45, 7) is 1.81. The lowest BCUT2D eigenvalue weighted by atomic mass is 9.88. The maximum Gasteiger partial charge on any atom is 0.254 e. The maximum atomic E-state index is 12.9. The van der Waals surface area contributed by atoms with Gasteiger partial charge in [0.2, 0.25) is 5.91 Å². The molecule has 0 unspecified atom stereocenters. The number of carbonyl (C=O) groups is 2. The number of hydrogen-bond donors (Lipinski definition) is 3. The van der Waals surface area contributed by atoms with Crippen LogP contribution < -0.4 is 16.0 Å². The molecule has 2 atom stereocenters. The molecule has 0 spiro atoms. The predicted octanol–water partition coefficient (Wildman–Crippen LogP) is 2.98. The van der Waals surface area contributed by atoms with Gasteiger partial charge in [-0.25, -0.2) is 9.97 Å². The molecule has 3 aromatic heterocycles. The van der Waals surface area contributed by atoms with E-state index in [0.29, 0.717) is 43.4 Å². The van der Waals surface area contributed by atoms with Crippen LogP contribution in [0.2, 0.25) is 0 Å². The second-order valence-corrected chi connectivity index (χ2v) is 9.55. The predicted molar refractivity (Wildman–Crippen MR) is 134 cm³/mol. The minimum absolute atomic E-state index is 0.0127. The fourth-order valence-corrected chi connectivity index (χ4v) is 5.72. The number of fused-ring (bicyclic) bond motifs is 5. The molecule has 7 rings (SSSR count). The summed E-state index contributed by atoms with van der Waals surface area (Å²) in [5, 5.41) is 10.4. The molecule has 1 aromatic carbocycles. The van der Waals surface area contributed by atoms with E-state index in [4.69, 9.17) is 9.72 Å². The third-order valence-corrected chi connectivity index (χ3v) is 7.54. The molecule has 9 heteroatoms. The van der Waals surface area contributed by atoms with Gasteiger partial charge in [-0.15, -0.1) is 0 Å². The summed E-state index contributed by atoms with van der Waals surface area (Å²) >= 11 is 0. The van der Waals surface area contributed by atoms with E-state index < -0.39 is 0 Å². The number of benzene rings is 1. The second kappa shape index (κ2) is 7.89. The van der Waals surface area contributed by atoms with Crippen LogP contribution in [0.5, 0.6) is 0 Å². The van der Waals surface area contributed by atoms with Crippen molar-refractivity contribution in [2.75, 3.05) is 18.5 Å². The molecule has 6 heterocycles. The molecule has 4 aromatic rings. The van der Waals surface area contributed by atoms with Gasteiger partial charge in [-0.1, -0.05) is 12.1 Å². The third-order valence-electron chi connectivity index (χ3n) is 7.54. The summed E-state index contributed by atoms with van der Waals surface area (Å²) in [6.07, 6.45) is 3.80. The quantitative estimate of drug-likeness (QED) is 0.416. The number of aryl methyl sites for hydroxylation is 1. The van der Waals surface area contributed by atoms with E-state index in [1.54, 1.807) is 6.20 Å². The van der Waals surface area contributed by atoms with Crippen molar-refractivity contribution in [2.45, 2.75) is 19.0 Å². The molecule has 3 aliphatic heterocycles. The molecular formula is C27H24N6O3. The summed E-state index contributed by atoms with van der Waals surface area (Å²) in [7, 11) is 1.97. The first kappa shape index (κ1) is 21.1. The summed E-state index contributed by atoms with van der Waals surface area (Å²) in [5.41, 5.74) is 7.12. The molecule has 0 bridgehead atoms. The van der Waals surface area contributed by atoms with Gasteiger partial charge in [0.05, 0.1) is 42.6 Å². The zero-order chi connectivity index (χ0) is 24.4. The smallest absolute Gasteiger partial charge is 0.254 e. The molecule has 0 saturated carbocycles. The highest BCUT2D eigenvalue weighted by Gasteiger charge is 2.38. The lowest BCUT2D eigenvalue weighted by Crippen LogP contribution is -2.30. The molecule has 9 nitrogen and oxygen atoms in total. The van der Waals surface area contributed by atoms with Crippen LogP contribution in [0.15, 0.2) is 48.8 Å². The standard InChI is InChI=1S/C27H24N6O3/c1-33-9-7-17-15(6-8-28-25(17)33)14-2-4-21(24-18(14)10-29-27(24)35)31-23-5-3-16-19-12-36-13-20(19)26(34)30-11-22(16)32-23/h2-9,19-20H,10-13H2,1H3,(H,29,35)(H,30,34)(H,31,32)/t19-,20-/m0/s1. The zero-order valence-electron chi connectivity index (χ0n) is 19.7. The third kappa shape index (κ3) is 3.12. The highest BCUT2D eigenvalue weighted by molar-refractivity contribution is 6.07. The Morgan fingerprint density at radius 1 is 1.00 bits per heavy atom. The molecule has 1 fully saturated rings. The van der Waals surface area contributed by atoms with Gasteiger partial charge in [-0.05, 0) is 46.5 Å². The summed E-state index contributed by atoms with van der Waals surface area (Å²) in [4.78, 5) is 34.7. The normalized spacial score (nSPS) is 20.4. The number of rotatable bonds is 3. The van der Waals surface area contributed by atoms with Gasteiger partial charge in [0.25, 0.3) is 5.91 Å². The van der Waals surface area contributed by atoms with Crippen molar-refractivity contribution in [1.82, 2.24) is 25.2 Å². The first-order valence-electron chi connectivity index (χ1n) is 12.1. The number of nitrogens with zero attached hydrogens (tertiary/aromatic N) is 3. The zero-order valence-corrected chi connectivity index (χ0v) is 19.7. The van der Waals surface area contributed by atoms with Gasteiger partial charge in [-0.3, -0.25) is 9.59 Å². The van der Waals surface area contributed by atoms with Crippen molar-refractivity contribution in [3.8, 4) is 11.1 Å². The Hall–Kier alpha value is -4.24. The fraction of sp³-hybridized carbons (Fsp3) is 0.259. The minimum Gasteiger partial charge on any atom is -0.380 e. The number of carbonyl (C=O) groups excluding carboxylic acids is 2. The Morgan fingerprint density at radius 3 is 2.81 bits per heavy atom. The van der Waals surface area contributed by atoms with Crippen LogP contribution in [0, 0.1) is 5.92 Å². The molecule has 0 radical (unpaired) electrons. The van der Waals surface area contributed by atoms with E-state index in [1.807, 2.05) is 48.1 Å². The highest BCUT2D eigenvalue weighted by atomic mass is 16.5. The number of anilines is 2. The molecule has 2 amide bonds. The van der Waals surface area contributed by atoms with Crippen LogP contribution in [-0.4, -0.2) is 39.6 Å². The van der Waals surface area contributed by atoms with Gasteiger partial charge in [-0.2, -0.15) is 0 Å². The largest absolute Gasteiger partial charge is 0.380 e. The fourth-order valence-electron chi connectivity index (χ4n) is 5.72. The Kier molecular flexibility index (Phi) is 4.62. The first-order valence-corrected chi connectivity index (χ1v) is 12.1. The average molecular weight is 481 g/mol. The van der Waals surface area contributed by atoms with E-state index in [9.17, 15) is 9.59 Å². The summed E-state index contributed by atoms with van der Waals surface area (Å²) in [5.74, 6) is 0.382. The van der Waals surface area contributed by atoms with Crippen molar-refractivity contribution < 1.29 is 14.3 Å². The van der Waals surface area contributed by atoms with Crippen LogP contribution >= 0.6 is 0 Å². The van der Waals surface area contributed by atoms with Gasteiger partial charge in [0.15, 0.2) is 0 Å². The van der Waals surface area contributed by atoms with Crippen LogP contribution in [0.1, 0.15) is 33.1 Å². The molecular weight excluding hydrogens is 456 g/mol. The van der Waals surface area contributed by atoms with Crippen molar-refractivity contribution >= 4 is 34.4 Å². The lowest BCUT2D eigenvalue weighted by Gasteiger charge is -2.17. The molecule has 3 aliphatic rings. The maximum absolute atomic E-state index is 12.9. The van der Waals surface area contributed by atoms with Crippen molar-refractivity contribution in [1.29, 1.82) is 0 Å². The van der Waals surface area contributed by atoms with Crippen molar-refractivity contribution in [2.24, 2.45) is 13.0 Å². The Morgan fingerprint density at radius 2 is 1.89 bits per heavy atom. The lowest BCUT2D eigenvalue weighted by molar-refractivity contribution is -0.125. The van der Waals surface area contributed by atoms with E-state index in [0.717, 1.165) is 39.0 Å². The minimum atomic E-state index is -0.171. The molecule has 1 saturated heterocycles. The van der Waals surface area contributed by atoms with E-state index in [-0.39, 0.29) is 23.7 Å². The number of amides is 2. The number of ether oxygens (including phenoxy) is 1. The Bertz CT molecular complexity index is 1580. The SMILES string of the molecule is Cn1ccc2c(-c3ccc(Nc4ccc5c(n4)CNC(=O)[C@H]4COC[C@@H]54)c4c3CNC4=O)ccnc21. The van der Waals surface area contributed by atoms with Crippen molar-refractivity contribution in [3.05, 3.63) is 71.2 Å². The molecule has 180 valence electrons. The number of nitrogens with one attached hydrogen (secondary N) is 3. The van der Waals surface area contributed by atoms with Gasteiger partial charge >= 0.3 is 0 Å².